The largest absolute Gasteiger partial charge is 0.355 e. The summed E-state index contributed by atoms with van der Waals surface area (Å²) in [4.78, 5) is 43.8. The quantitative estimate of drug-likeness (QED) is 0.512. The molecule has 1 aliphatic rings. The molecule has 0 radical (unpaired) electrons. The Morgan fingerprint density at radius 1 is 1.12 bits per heavy atom. The third-order valence-electron chi connectivity index (χ3n) is 5.80. The smallest absolute Gasteiger partial charge is 0.262 e. The van der Waals surface area contributed by atoms with Crippen molar-refractivity contribution in [2.75, 3.05) is 11.9 Å². The number of carbonyl (C=O) groups is 2. The van der Waals surface area contributed by atoms with Crippen LogP contribution in [0.25, 0.3) is 10.2 Å². The summed E-state index contributed by atoms with van der Waals surface area (Å²) in [7, 11) is 0. The van der Waals surface area contributed by atoms with Crippen LogP contribution in [0.4, 0.5) is 5.69 Å². The Morgan fingerprint density at radius 2 is 1.91 bits per heavy atom. The minimum absolute atomic E-state index is 0.0671. The van der Waals surface area contributed by atoms with E-state index in [1.165, 1.54) is 21.3 Å². The van der Waals surface area contributed by atoms with Crippen molar-refractivity contribution in [1.29, 1.82) is 0 Å². The molecule has 32 heavy (non-hydrogen) atoms. The highest BCUT2D eigenvalue weighted by Gasteiger charge is 2.20. The van der Waals surface area contributed by atoms with Gasteiger partial charge >= 0.3 is 0 Å². The van der Waals surface area contributed by atoms with E-state index in [2.05, 4.69) is 22.5 Å². The second-order valence-electron chi connectivity index (χ2n) is 8.12. The van der Waals surface area contributed by atoms with Gasteiger partial charge in [0.15, 0.2) is 0 Å². The van der Waals surface area contributed by atoms with Crippen LogP contribution in [-0.2, 0) is 35.4 Å². The Bertz CT molecular complexity index is 1180. The fourth-order valence-electron chi connectivity index (χ4n) is 4.03. The number of hydrogen-bond donors (Lipinski definition) is 2. The van der Waals surface area contributed by atoms with Crippen LogP contribution in [0.1, 0.15) is 48.6 Å². The average Bonchev–Trinajstić information content (AvgIpc) is 3.18. The summed E-state index contributed by atoms with van der Waals surface area (Å²) in [6.07, 6.45) is 7.41. The average molecular weight is 453 g/mol. The molecule has 2 aromatic heterocycles. The zero-order chi connectivity index (χ0) is 22.5. The molecule has 2 amide bonds. The Balaban J connectivity index is 1.26. The van der Waals surface area contributed by atoms with E-state index in [-0.39, 0.29) is 23.9 Å². The van der Waals surface area contributed by atoms with Gasteiger partial charge in [0.25, 0.3) is 5.56 Å². The SMILES string of the molecule is CCc1ccc(NC(=O)CCCNC(=O)Cn2cnc3sc4c(c3c2=O)CCCC4)cc1. The van der Waals surface area contributed by atoms with Gasteiger partial charge in [-0.15, -0.1) is 11.3 Å². The van der Waals surface area contributed by atoms with Crippen LogP contribution in [-0.4, -0.2) is 27.9 Å². The van der Waals surface area contributed by atoms with Crippen molar-refractivity contribution in [2.45, 2.75) is 58.4 Å². The molecule has 3 aromatic rings. The monoisotopic (exact) mass is 452 g/mol. The lowest BCUT2D eigenvalue weighted by Gasteiger charge is -2.10. The van der Waals surface area contributed by atoms with Gasteiger partial charge in [-0.05, 0) is 61.8 Å². The molecule has 2 N–H and O–H groups in total. The summed E-state index contributed by atoms with van der Waals surface area (Å²) >= 11 is 1.60. The van der Waals surface area contributed by atoms with Gasteiger partial charge in [0.2, 0.25) is 11.8 Å². The number of fused-ring (bicyclic) bond motifs is 3. The highest BCUT2D eigenvalue weighted by Crippen LogP contribution is 2.33. The molecule has 4 rings (SSSR count). The molecule has 0 atom stereocenters. The summed E-state index contributed by atoms with van der Waals surface area (Å²) in [5.41, 5.74) is 2.98. The molecule has 0 bridgehead atoms. The maximum atomic E-state index is 12.9. The van der Waals surface area contributed by atoms with Gasteiger partial charge in [0, 0.05) is 23.5 Å². The Hall–Kier alpha value is -3.00. The molecular weight excluding hydrogens is 424 g/mol. The Morgan fingerprint density at radius 3 is 2.69 bits per heavy atom. The van der Waals surface area contributed by atoms with Gasteiger partial charge < -0.3 is 10.6 Å². The standard InChI is InChI=1S/C24H28N4O3S/c1-2-16-9-11-17(12-10-16)27-20(29)8-5-13-25-21(30)14-28-15-26-23-22(24(28)31)18-6-3-4-7-19(18)32-23/h9-12,15H,2-8,13-14H2,1H3,(H,25,30)(H,27,29). The van der Waals surface area contributed by atoms with E-state index in [0.717, 1.165) is 48.2 Å². The number of nitrogens with zero attached hydrogens (tertiary/aromatic N) is 2. The third-order valence-corrected chi connectivity index (χ3v) is 7.00. The number of rotatable bonds is 8. The first-order chi connectivity index (χ1) is 15.5. The van der Waals surface area contributed by atoms with E-state index < -0.39 is 0 Å². The Labute approximate surface area is 190 Å². The van der Waals surface area contributed by atoms with Crippen LogP contribution in [0, 0.1) is 0 Å². The van der Waals surface area contributed by atoms with Crippen LogP contribution in [0.3, 0.4) is 0 Å². The van der Waals surface area contributed by atoms with Crippen LogP contribution in [0.5, 0.6) is 0 Å². The molecular formula is C24H28N4O3S. The third kappa shape index (κ3) is 5.07. The van der Waals surface area contributed by atoms with Crippen LogP contribution < -0.4 is 16.2 Å². The minimum atomic E-state index is -0.257. The van der Waals surface area contributed by atoms with Crippen molar-refractivity contribution in [1.82, 2.24) is 14.9 Å². The minimum Gasteiger partial charge on any atom is -0.355 e. The highest BCUT2D eigenvalue weighted by molar-refractivity contribution is 7.18. The lowest BCUT2D eigenvalue weighted by Crippen LogP contribution is -2.33. The van der Waals surface area contributed by atoms with Gasteiger partial charge in [-0.1, -0.05) is 19.1 Å². The molecule has 7 nitrogen and oxygen atoms in total. The molecule has 8 heteroatoms. The van der Waals surface area contributed by atoms with Gasteiger partial charge in [0.1, 0.15) is 11.4 Å². The first-order valence-electron chi connectivity index (χ1n) is 11.2. The zero-order valence-electron chi connectivity index (χ0n) is 18.3. The number of hydrogen-bond acceptors (Lipinski definition) is 5. The molecule has 0 aliphatic heterocycles. The number of amides is 2. The lowest BCUT2D eigenvalue weighted by molar-refractivity contribution is -0.122. The van der Waals surface area contributed by atoms with Crippen molar-refractivity contribution in [2.24, 2.45) is 0 Å². The van der Waals surface area contributed by atoms with Crippen molar-refractivity contribution < 1.29 is 9.59 Å². The van der Waals surface area contributed by atoms with E-state index >= 15 is 0 Å². The number of aryl methyl sites for hydroxylation is 3. The van der Waals surface area contributed by atoms with Crippen molar-refractivity contribution in [3.8, 4) is 0 Å². The maximum Gasteiger partial charge on any atom is 0.262 e. The number of anilines is 1. The summed E-state index contributed by atoms with van der Waals surface area (Å²) in [5.74, 6) is -0.343. The van der Waals surface area contributed by atoms with Crippen molar-refractivity contribution in [3.05, 3.63) is 57.0 Å². The predicted molar refractivity (Wildman–Crippen MR) is 127 cm³/mol. The predicted octanol–water partition coefficient (Wildman–Crippen LogP) is 3.43. The molecule has 0 saturated heterocycles. The van der Waals surface area contributed by atoms with E-state index in [4.69, 9.17) is 0 Å². The fraction of sp³-hybridized carbons (Fsp3) is 0.417. The van der Waals surface area contributed by atoms with Gasteiger partial charge in [-0.3, -0.25) is 19.0 Å². The molecule has 1 aromatic carbocycles. The number of benzene rings is 1. The van der Waals surface area contributed by atoms with Gasteiger partial charge in [0.05, 0.1) is 11.7 Å². The first kappa shape index (κ1) is 22.2. The van der Waals surface area contributed by atoms with Crippen LogP contribution in [0.15, 0.2) is 35.4 Å². The number of carbonyl (C=O) groups excluding carboxylic acids is 2. The van der Waals surface area contributed by atoms with Crippen LogP contribution >= 0.6 is 11.3 Å². The second kappa shape index (κ2) is 10.1. The highest BCUT2D eigenvalue weighted by atomic mass is 32.1. The molecule has 0 fully saturated rings. The Kier molecular flexibility index (Phi) is 6.99. The first-order valence-corrected chi connectivity index (χ1v) is 12.0. The number of aromatic nitrogens is 2. The molecule has 0 unspecified atom stereocenters. The van der Waals surface area contributed by atoms with Crippen molar-refractivity contribution in [3.63, 3.8) is 0 Å². The van der Waals surface area contributed by atoms with E-state index in [9.17, 15) is 14.4 Å². The number of nitrogens with one attached hydrogen (secondary N) is 2. The lowest BCUT2D eigenvalue weighted by atomic mass is 9.97. The van der Waals surface area contributed by atoms with E-state index in [1.807, 2.05) is 24.3 Å². The molecule has 0 spiro atoms. The summed E-state index contributed by atoms with van der Waals surface area (Å²) in [6, 6.07) is 7.78. The van der Waals surface area contributed by atoms with Gasteiger partial charge in [-0.2, -0.15) is 0 Å². The summed E-state index contributed by atoms with van der Waals surface area (Å²) in [6.45, 7) is 2.39. The second-order valence-corrected chi connectivity index (χ2v) is 9.20. The van der Waals surface area contributed by atoms with E-state index in [1.54, 1.807) is 11.3 Å². The fourth-order valence-corrected chi connectivity index (χ4v) is 5.25. The topological polar surface area (TPSA) is 93.1 Å². The van der Waals surface area contributed by atoms with Crippen LogP contribution in [0.2, 0.25) is 0 Å². The molecule has 168 valence electrons. The van der Waals surface area contributed by atoms with Crippen molar-refractivity contribution >= 4 is 39.1 Å². The van der Waals surface area contributed by atoms with Gasteiger partial charge in [-0.25, -0.2) is 4.98 Å². The normalized spacial score (nSPS) is 13.0. The number of thiophene rings is 1. The summed E-state index contributed by atoms with van der Waals surface area (Å²) in [5, 5.41) is 6.34. The molecule has 1 aliphatic carbocycles. The zero-order valence-corrected chi connectivity index (χ0v) is 19.1. The summed E-state index contributed by atoms with van der Waals surface area (Å²) < 4.78 is 1.38. The molecule has 2 heterocycles. The maximum absolute atomic E-state index is 12.9. The molecule has 0 saturated carbocycles. The van der Waals surface area contributed by atoms with E-state index in [0.29, 0.717) is 24.8 Å².